The summed E-state index contributed by atoms with van der Waals surface area (Å²) in [6.07, 6.45) is 1.95. The third-order valence-corrected chi connectivity index (χ3v) is 3.99. The van der Waals surface area contributed by atoms with Crippen molar-refractivity contribution in [1.82, 2.24) is 5.32 Å². The lowest BCUT2D eigenvalue weighted by atomic mass is 10.2. The Bertz CT molecular complexity index is 369. The van der Waals surface area contributed by atoms with Gasteiger partial charge in [0.15, 0.2) is 0 Å². The highest BCUT2D eigenvalue weighted by Gasteiger charge is 2.21. The van der Waals surface area contributed by atoms with E-state index in [1.165, 1.54) is 5.69 Å². The molecule has 0 saturated carbocycles. The SMILES string of the molecule is CC1CCN(c2ccc(Br)cc2)CC(CCO)N1. The van der Waals surface area contributed by atoms with Crippen molar-refractivity contribution >= 4 is 21.6 Å². The largest absolute Gasteiger partial charge is 0.396 e. The highest BCUT2D eigenvalue weighted by Crippen LogP contribution is 2.21. The zero-order chi connectivity index (χ0) is 13.0. The number of aliphatic hydroxyl groups is 1. The van der Waals surface area contributed by atoms with E-state index in [4.69, 9.17) is 5.11 Å². The standard InChI is InChI=1S/C14H21BrN2O/c1-11-6-8-17(10-13(16-11)7-9-18)14-4-2-12(15)3-5-14/h2-5,11,13,16,18H,6-10H2,1H3. The minimum atomic E-state index is 0.249. The summed E-state index contributed by atoms with van der Waals surface area (Å²) >= 11 is 3.47. The fourth-order valence-electron chi connectivity index (χ4n) is 2.46. The summed E-state index contributed by atoms with van der Waals surface area (Å²) in [5.41, 5.74) is 1.26. The van der Waals surface area contributed by atoms with Crippen LogP contribution in [-0.2, 0) is 0 Å². The van der Waals surface area contributed by atoms with Crippen molar-refractivity contribution < 1.29 is 5.11 Å². The molecule has 1 aromatic carbocycles. The number of benzene rings is 1. The van der Waals surface area contributed by atoms with Gasteiger partial charge in [0.1, 0.15) is 0 Å². The van der Waals surface area contributed by atoms with Crippen LogP contribution in [0.25, 0.3) is 0 Å². The fourth-order valence-corrected chi connectivity index (χ4v) is 2.73. The highest BCUT2D eigenvalue weighted by atomic mass is 79.9. The van der Waals surface area contributed by atoms with Gasteiger partial charge in [-0.05, 0) is 44.0 Å². The first kappa shape index (κ1) is 13.8. The predicted molar refractivity (Wildman–Crippen MR) is 79.1 cm³/mol. The molecule has 2 N–H and O–H groups in total. The summed E-state index contributed by atoms with van der Waals surface area (Å²) in [5.74, 6) is 0. The first-order valence-corrected chi connectivity index (χ1v) is 7.36. The van der Waals surface area contributed by atoms with Crippen LogP contribution in [0.4, 0.5) is 5.69 Å². The Morgan fingerprint density at radius 2 is 2.11 bits per heavy atom. The monoisotopic (exact) mass is 312 g/mol. The average molecular weight is 313 g/mol. The molecule has 1 aliphatic heterocycles. The van der Waals surface area contributed by atoms with Gasteiger partial charge in [-0.3, -0.25) is 0 Å². The molecule has 0 spiro atoms. The van der Waals surface area contributed by atoms with Crippen molar-refractivity contribution in [3.63, 3.8) is 0 Å². The van der Waals surface area contributed by atoms with E-state index >= 15 is 0 Å². The number of nitrogens with zero attached hydrogens (tertiary/aromatic N) is 1. The molecule has 2 unspecified atom stereocenters. The van der Waals surface area contributed by atoms with Gasteiger partial charge < -0.3 is 15.3 Å². The lowest BCUT2D eigenvalue weighted by molar-refractivity contribution is 0.263. The quantitative estimate of drug-likeness (QED) is 0.899. The molecule has 4 heteroatoms. The molecule has 1 aromatic rings. The second-order valence-corrected chi connectivity index (χ2v) is 5.90. The van der Waals surface area contributed by atoms with Crippen LogP contribution in [0.15, 0.2) is 28.7 Å². The summed E-state index contributed by atoms with van der Waals surface area (Å²) in [5, 5.41) is 12.7. The Morgan fingerprint density at radius 3 is 2.78 bits per heavy atom. The Labute approximate surface area is 117 Å². The minimum Gasteiger partial charge on any atom is -0.396 e. The molecule has 100 valence electrons. The van der Waals surface area contributed by atoms with Crippen LogP contribution < -0.4 is 10.2 Å². The van der Waals surface area contributed by atoms with Gasteiger partial charge in [-0.25, -0.2) is 0 Å². The molecule has 2 atom stereocenters. The van der Waals surface area contributed by atoms with Gasteiger partial charge in [-0.1, -0.05) is 15.9 Å². The molecule has 0 bridgehead atoms. The molecular weight excluding hydrogens is 292 g/mol. The van der Waals surface area contributed by atoms with Crippen LogP contribution in [0, 0.1) is 0 Å². The molecule has 3 nitrogen and oxygen atoms in total. The van der Waals surface area contributed by atoms with Crippen LogP contribution in [-0.4, -0.2) is 36.9 Å². The second kappa shape index (κ2) is 6.55. The van der Waals surface area contributed by atoms with Gasteiger partial charge in [0.05, 0.1) is 0 Å². The van der Waals surface area contributed by atoms with Crippen LogP contribution in [0.5, 0.6) is 0 Å². The first-order chi connectivity index (χ1) is 8.69. The Balaban J connectivity index is 2.09. The van der Waals surface area contributed by atoms with Crippen molar-refractivity contribution in [3.8, 4) is 0 Å². The van der Waals surface area contributed by atoms with E-state index in [0.29, 0.717) is 12.1 Å². The number of aliphatic hydroxyl groups excluding tert-OH is 1. The number of hydrogen-bond acceptors (Lipinski definition) is 3. The van der Waals surface area contributed by atoms with E-state index in [1.54, 1.807) is 0 Å². The van der Waals surface area contributed by atoms with Crippen molar-refractivity contribution in [2.45, 2.75) is 31.8 Å². The molecule has 2 rings (SSSR count). The number of anilines is 1. The van der Waals surface area contributed by atoms with Gasteiger partial charge in [-0.2, -0.15) is 0 Å². The van der Waals surface area contributed by atoms with E-state index in [2.05, 4.69) is 57.3 Å². The smallest absolute Gasteiger partial charge is 0.0446 e. The molecule has 18 heavy (non-hydrogen) atoms. The van der Waals surface area contributed by atoms with Crippen LogP contribution >= 0.6 is 15.9 Å². The maximum absolute atomic E-state index is 9.13. The molecule has 0 amide bonds. The third kappa shape index (κ3) is 3.70. The summed E-state index contributed by atoms with van der Waals surface area (Å²) < 4.78 is 1.11. The van der Waals surface area contributed by atoms with Gasteiger partial charge in [0.2, 0.25) is 0 Å². The Kier molecular flexibility index (Phi) is 5.03. The number of rotatable bonds is 3. The lowest BCUT2D eigenvalue weighted by Crippen LogP contribution is -2.40. The van der Waals surface area contributed by atoms with E-state index in [1.807, 2.05) is 0 Å². The van der Waals surface area contributed by atoms with E-state index < -0.39 is 0 Å². The predicted octanol–water partition coefficient (Wildman–Crippen LogP) is 2.39. The van der Waals surface area contributed by atoms with Gasteiger partial charge >= 0.3 is 0 Å². The normalized spacial score (nSPS) is 24.9. The maximum atomic E-state index is 9.13. The molecule has 0 aromatic heterocycles. The molecule has 1 aliphatic rings. The number of hydrogen-bond donors (Lipinski definition) is 2. The first-order valence-electron chi connectivity index (χ1n) is 6.56. The van der Waals surface area contributed by atoms with Crippen LogP contribution in [0.1, 0.15) is 19.8 Å². The Morgan fingerprint density at radius 1 is 1.39 bits per heavy atom. The highest BCUT2D eigenvalue weighted by molar-refractivity contribution is 9.10. The fraction of sp³-hybridized carbons (Fsp3) is 0.571. The Hall–Kier alpha value is -0.580. The van der Waals surface area contributed by atoms with Crippen LogP contribution in [0.3, 0.4) is 0 Å². The van der Waals surface area contributed by atoms with E-state index in [-0.39, 0.29) is 6.61 Å². The summed E-state index contributed by atoms with van der Waals surface area (Å²) in [6, 6.07) is 9.35. The van der Waals surface area contributed by atoms with Crippen LogP contribution in [0.2, 0.25) is 0 Å². The second-order valence-electron chi connectivity index (χ2n) is 4.99. The van der Waals surface area contributed by atoms with E-state index in [0.717, 1.165) is 30.4 Å². The molecule has 0 radical (unpaired) electrons. The summed E-state index contributed by atoms with van der Waals surface area (Å²) in [4.78, 5) is 2.41. The van der Waals surface area contributed by atoms with Crippen molar-refractivity contribution in [2.24, 2.45) is 0 Å². The topological polar surface area (TPSA) is 35.5 Å². The zero-order valence-electron chi connectivity index (χ0n) is 10.8. The van der Waals surface area contributed by atoms with Crippen molar-refractivity contribution in [1.29, 1.82) is 0 Å². The third-order valence-electron chi connectivity index (χ3n) is 3.46. The molecular formula is C14H21BrN2O. The summed E-state index contributed by atoms with van der Waals surface area (Å²) in [6.45, 7) is 4.50. The van der Waals surface area contributed by atoms with E-state index in [9.17, 15) is 0 Å². The molecule has 1 saturated heterocycles. The van der Waals surface area contributed by atoms with Crippen molar-refractivity contribution in [2.75, 3.05) is 24.6 Å². The lowest BCUT2D eigenvalue weighted by Gasteiger charge is -2.26. The maximum Gasteiger partial charge on any atom is 0.0446 e. The van der Waals surface area contributed by atoms with Crippen molar-refractivity contribution in [3.05, 3.63) is 28.7 Å². The average Bonchev–Trinajstić information content (AvgIpc) is 2.53. The molecule has 1 fully saturated rings. The molecule has 0 aliphatic carbocycles. The van der Waals surface area contributed by atoms with Gasteiger partial charge in [0, 0.05) is 41.9 Å². The summed E-state index contributed by atoms with van der Waals surface area (Å²) in [7, 11) is 0. The minimum absolute atomic E-state index is 0.249. The molecule has 1 heterocycles. The number of halogens is 1. The van der Waals surface area contributed by atoms with Gasteiger partial charge in [-0.15, -0.1) is 0 Å². The van der Waals surface area contributed by atoms with Gasteiger partial charge in [0.25, 0.3) is 0 Å². The zero-order valence-corrected chi connectivity index (χ0v) is 12.4. The number of nitrogens with one attached hydrogen (secondary N) is 1.